The van der Waals surface area contributed by atoms with Crippen LogP contribution in [-0.2, 0) is 26.2 Å². The fourth-order valence-corrected chi connectivity index (χ4v) is 5.77. The number of hydrogen-bond acceptors (Lipinski definition) is 5. The normalized spacial score (nSPS) is 12.0. The molecule has 0 fully saturated rings. The predicted octanol–water partition coefficient (Wildman–Crippen LogP) is 5.15. The second-order valence-corrected chi connectivity index (χ2v) is 12.2. The summed E-state index contributed by atoms with van der Waals surface area (Å²) < 4.78 is 34.8. The SMILES string of the molecule is CCCCNC(=O)[C@@H](C)N(Cc1ccc(C)cc1)C(=O)CN(c1cc(C)ccc1OC)S(=O)(=O)c1ccc(C)cc1. The number of anilines is 1. The number of rotatable bonds is 13. The number of hydrogen-bond donors (Lipinski definition) is 1. The van der Waals surface area contributed by atoms with Crippen molar-refractivity contribution in [1.29, 1.82) is 0 Å². The third kappa shape index (κ3) is 8.10. The van der Waals surface area contributed by atoms with Crippen molar-refractivity contribution in [3.05, 3.63) is 89.0 Å². The zero-order valence-corrected chi connectivity index (χ0v) is 25.6. The lowest BCUT2D eigenvalue weighted by Crippen LogP contribution is -2.51. The molecule has 220 valence electrons. The first-order chi connectivity index (χ1) is 19.5. The topological polar surface area (TPSA) is 96.0 Å². The fourth-order valence-electron chi connectivity index (χ4n) is 4.35. The Hall–Kier alpha value is -3.85. The third-order valence-corrected chi connectivity index (χ3v) is 8.74. The van der Waals surface area contributed by atoms with Gasteiger partial charge in [-0.15, -0.1) is 0 Å². The lowest BCUT2D eigenvalue weighted by Gasteiger charge is -2.32. The summed E-state index contributed by atoms with van der Waals surface area (Å²) in [6.45, 7) is 9.51. The molecule has 0 radical (unpaired) electrons. The average molecular weight is 580 g/mol. The van der Waals surface area contributed by atoms with Crippen LogP contribution in [-0.4, -0.2) is 51.4 Å². The van der Waals surface area contributed by atoms with E-state index in [0.29, 0.717) is 12.3 Å². The highest BCUT2D eigenvalue weighted by molar-refractivity contribution is 7.92. The van der Waals surface area contributed by atoms with Gasteiger partial charge in [-0.3, -0.25) is 13.9 Å². The standard InChI is InChI=1S/C32H41N3O5S/c1-7-8-19-33-32(37)26(5)34(21-27-14-9-23(2)10-15-27)31(36)22-35(29-20-25(4)13-18-30(29)40-6)41(38,39)28-16-11-24(3)12-17-28/h9-18,20,26H,7-8,19,21-22H2,1-6H3,(H,33,37)/t26-/m1/s1. The first-order valence-electron chi connectivity index (χ1n) is 13.8. The molecule has 0 aliphatic rings. The quantitative estimate of drug-likeness (QED) is 0.283. The number of carbonyl (C=O) groups excluding carboxylic acids is 2. The highest BCUT2D eigenvalue weighted by Gasteiger charge is 2.33. The molecule has 0 bridgehead atoms. The maximum atomic E-state index is 14.1. The summed E-state index contributed by atoms with van der Waals surface area (Å²) in [5.41, 5.74) is 3.86. The van der Waals surface area contributed by atoms with Crippen LogP contribution >= 0.6 is 0 Å². The minimum absolute atomic E-state index is 0.0508. The maximum Gasteiger partial charge on any atom is 0.264 e. The summed E-state index contributed by atoms with van der Waals surface area (Å²) in [4.78, 5) is 28.7. The molecule has 0 heterocycles. The molecule has 8 nitrogen and oxygen atoms in total. The van der Waals surface area contributed by atoms with E-state index in [2.05, 4.69) is 5.32 Å². The van der Waals surface area contributed by atoms with Crippen molar-refractivity contribution in [1.82, 2.24) is 10.2 Å². The molecule has 3 rings (SSSR count). The van der Waals surface area contributed by atoms with Gasteiger partial charge in [0.05, 0.1) is 17.7 Å². The zero-order chi connectivity index (χ0) is 30.2. The van der Waals surface area contributed by atoms with Crippen LogP contribution in [0.4, 0.5) is 5.69 Å². The lowest BCUT2D eigenvalue weighted by molar-refractivity contribution is -0.139. The molecule has 3 aromatic rings. The summed E-state index contributed by atoms with van der Waals surface area (Å²) in [6.07, 6.45) is 1.74. The van der Waals surface area contributed by atoms with Gasteiger partial charge < -0.3 is 15.0 Å². The molecule has 2 amide bonds. The molecule has 0 spiro atoms. The summed E-state index contributed by atoms with van der Waals surface area (Å²) in [7, 11) is -2.73. The number of nitrogens with zero attached hydrogens (tertiary/aromatic N) is 2. The smallest absolute Gasteiger partial charge is 0.264 e. The first-order valence-corrected chi connectivity index (χ1v) is 15.3. The Morgan fingerprint density at radius 1 is 0.902 bits per heavy atom. The minimum Gasteiger partial charge on any atom is -0.495 e. The Morgan fingerprint density at radius 2 is 1.49 bits per heavy atom. The van der Waals surface area contributed by atoms with E-state index in [4.69, 9.17) is 4.74 Å². The molecule has 0 aliphatic carbocycles. The van der Waals surface area contributed by atoms with E-state index >= 15 is 0 Å². The van der Waals surface area contributed by atoms with Crippen LogP contribution in [0.5, 0.6) is 5.75 Å². The second kappa shape index (κ2) is 14.2. The van der Waals surface area contributed by atoms with E-state index in [0.717, 1.165) is 39.4 Å². The number of amides is 2. The Labute approximate surface area is 244 Å². The lowest BCUT2D eigenvalue weighted by atomic mass is 10.1. The van der Waals surface area contributed by atoms with Crippen molar-refractivity contribution >= 4 is 27.5 Å². The van der Waals surface area contributed by atoms with Crippen molar-refractivity contribution in [2.45, 2.75) is 64.9 Å². The van der Waals surface area contributed by atoms with Gasteiger partial charge in [0.15, 0.2) is 0 Å². The number of ether oxygens (including phenoxy) is 1. The van der Waals surface area contributed by atoms with Crippen molar-refractivity contribution in [3.8, 4) is 5.75 Å². The monoisotopic (exact) mass is 579 g/mol. The van der Waals surface area contributed by atoms with Gasteiger partial charge in [0, 0.05) is 13.1 Å². The zero-order valence-electron chi connectivity index (χ0n) is 24.8. The van der Waals surface area contributed by atoms with Gasteiger partial charge in [0.2, 0.25) is 11.8 Å². The first kappa shape index (κ1) is 31.7. The molecule has 1 atom stereocenters. The van der Waals surface area contributed by atoms with Gasteiger partial charge in [-0.25, -0.2) is 8.42 Å². The summed E-state index contributed by atoms with van der Waals surface area (Å²) in [5.74, 6) is -0.488. The molecule has 0 aliphatic heterocycles. The van der Waals surface area contributed by atoms with E-state index in [1.165, 1.54) is 24.1 Å². The highest BCUT2D eigenvalue weighted by Crippen LogP contribution is 2.34. The molecule has 3 aromatic carbocycles. The third-order valence-electron chi connectivity index (χ3n) is 6.96. The summed E-state index contributed by atoms with van der Waals surface area (Å²) in [6, 6.07) is 18.5. The van der Waals surface area contributed by atoms with Gasteiger partial charge in [0.1, 0.15) is 18.3 Å². The van der Waals surface area contributed by atoms with E-state index in [-0.39, 0.29) is 23.0 Å². The number of nitrogens with one attached hydrogen (secondary N) is 1. The average Bonchev–Trinajstić information content (AvgIpc) is 2.95. The summed E-state index contributed by atoms with van der Waals surface area (Å²) in [5, 5.41) is 2.90. The van der Waals surface area contributed by atoms with Crippen LogP contribution in [0.15, 0.2) is 71.6 Å². The minimum atomic E-state index is -4.19. The maximum absolute atomic E-state index is 14.1. The van der Waals surface area contributed by atoms with Crippen molar-refractivity contribution in [2.24, 2.45) is 0 Å². The number of benzene rings is 3. The van der Waals surface area contributed by atoms with Gasteiger partial charge in [-0.2, -0.15) is 0 Å². The molecule has 0 unspecified atom stereocenters. The van der Waals surface area contributed by atoms with Crippen LogP contribution in [0, 0.1) is 20.8 Å². The van der Waals surface area contributed by atoms with Crippen LogP contribution in [0.25, 0.3) is 0 Å². The Balaban J connectivity index is 2.06. The largest absolute Gasteiger partial charge is 0.495 e. The van der Waals surface area contributed by atoms with Crippen molar-refractivity contribution in [2.75, 3.05) is 24.5 Å². The molecule has 41 heavy (non-hydrogen) atoms. The number of methoxy groups -OCH3 is 1. The van der Waals surface area contributed by atoms with Crippen LogP contribution in [0.2, 0.25) is 0 Å². The van der Waals surface area contributed by atoms with Gasteiger partial charge in [0.25, 0.3) is 10.0 Å². The van der Waals surface area contributed by atoms with Crippen LogP contribution in [0.3, 0.4) is 0 Å². The molecule has 0 aromatic heterocycles. The van der Waals surface area contributed by atoms with Crippen molar-refractivity contribution in [3.63, 3.8) is 0 Å². The van der Waals surface area contributed by atoms with E-state index in [1.54, 1.807) is 31.2 Å². The molecule has 0 saturated carbocycles. The number of unbranched alkanes of at least 4 members (excludes halogenated alkanes) is 1. The van der Waals surface area contributed by atoms with Gasteiger partial charge >= 0.3 is 0 Å². The summed E-state index contributed by atoms with van der Waals surface area (Å²) >= 11 is 0. The van der Waals surface area contributed by atoms with Crippen molar-refractivity contribution < 1.29 is 22.7 Å². The van der Waals surface area contributed by atoms with E-state index in [9.17, 15) is 18.0 Å². The number of carbonyl (C=O) groups is 2. The molecular weight excluding hydrogens is 538 g/mol. The second-order valence-electron chi connectivity index (χ2n) is 10.3. The Morgan fingerprint density at radius 3 is 2.07 bits per heavy atom. The Bertz CT molecular complexity index is 1440. The molecule has 0 saturated heterocycles. The molecule has 9 heteroatoms. The van der Waals surface area contributed by atoms with Gasteiger partial charge in [-0.05, 0) is 69.5 Å². The van der Waals surface area contributed by atoms with Gasteiger partial charge in [-0.1, -0.05) is 66.9 Å². The van der Waals surface area contributed by atoms with E-state index < -0.39 is 28.5 Å². The number of aryl methyl sites for hydroxylation is 3. The Kier molecular flexibility index (Phi) is 10.9. The highest BCUT2D eigenvalue weighted by atomic mass is 32.2. The molecule has 1 N–H and O–H groups in total. The van der Waals surface area contributed by atoms with Crippen LogP contribution < -0.4 is 14.4 Å². The fraction of sp³-hybridized carbons (Fsp3) is 0.375. The van der Waals surface area contributed by atoms with Crippen LogP contribution in [0.1, 0.15) is 48.9 Å². The predicted molar refractivity (Wildman–Crippen MR) is 163 cm³/mol. The number of sulfonamides is 1. The molecular formula is C32H41N3O5S. The van der Waals surface area contributed by atoms with E-state index in [1.807, 2.05) is 58.0 Å².